The fraction of sp³-hybridized carbons (Fsp3) is 0.375. The molecule has 98 valence electrons. The van der Waals surface area contributed by atoms with Crippen LogP contribution in [0, 0.1) is 10.1 Å². The number of nitrogen functional groups attached to an aromatic ring is 1. The van der Waals surface area contributed by atoms with E-state index >= 15 is 0 Å². The molecule has 0 amide bonds. The number of nitro groups is 1. The number of anilines is 2. The molecule has 0 spiro atoms. The molecule has 1 unspecified atom stereocenters. The summed E-state index contributed by atoms with van der Waals surface area (Å²) in [5.41, 5.74) is 1.64. The molecule has 0 aliphatic rings. The van der Waals surface area contributed by atoms with Gasteiger partial charge in [0.1, 0.15) is 12.4 Å². The van der Waals surface area contributed by atoms with Crippen LogP contribution in [0.1, 0.15) is 6.92 Å². The lowest BCUT2D eigenvalue weighted by Gasteiger charge is -2.12. The maximum atomic E-state index is 11.2. The van der Waals surface area contributed by atoms with E-state index in [1.165, 1.54) is 14.0 Å². The topological polar surface area (TPSA) is 145 Å². The Bertz CT molecular complexity index is 465. The van der Waals surface area contributed by atoms with Gasteiger partial charge in [0.15, 0.2) is 0 Å². The van der Waals surface area contributed by atoms with Crippen molar-refractivity contribution in [3.63, 3.8) is 0 Å². The predicted octanol–water partition coefficient (Wildman–Crippen LogP) is -0.356. The molecule has 0 saturated heterocycles. The molecule has 0 aliphatic carbocycles. The predicted molar refractivity (Wildman–Crippen MR) is 61.6 cm³/mol. The van der Waals surface area contributed by atoms with Crippen LogP contribution in [0.15, 0.2) is 6.33 Å². The lowest BCUT2D eigenvalue weighted by molar-refractivity contribution is -0.383. The Labute approximate surface area is 102 Å². The van der Waals surface area contributed by atoms with E-state index in [1.54, 1.807) is 0 Å². The van der Waals surface area contributed by atoms with Crippen molar-refractivity contribution in [2.45, 2.75) is 13.0 Å². The standard InChI is InChI=1S/C8H12N6O4/c1-4(8(15)18-2)12-6-5(14(16)17)7(13-9)11-3-10-6/h3-4H,9H2,1-2H3,(H2,10,11,12,13). The molecule has 0 aliphatic heterocycles. The van der Waals surface area contributed by atoms with Gasteiger partial charge in [0, 0.05) is 0 Å². The van der Waals surface area contributed by atoms with Crippen LogP contribution in [-0.4, -0.2) is 34.0 Å². The van der Waals surface area contributed by atoms with Crippen molar-refractivity contribution < 1.29 is 14.5 Å². The number of hydrogen-bond donors (Lipinski definition) is 3. The second kappa shape index (κ2) is 5.72. The smallest absolute Gasteiger partial charge is 0.354 e. The number of nitrogens with two attached hydrogens (primary N) is 1. The molecule has 1 rings (SSSR count). The lowest BCUT2D eigenvalue weighted by atomic mass is 10.3. The summed E-state index contributed by atoms with van der Waals surface area (Å²) in [4.78, 5) is 28.7. The summed E-state index contributed by atoms with van der Waals surface area (Å²) in [6, 6.07) is -0.797. The van der Waals surface area contributed by atoms with Gasteiger partial charge in [-0.25, -0.2) is 20.6 Å². The van der Waals surface area contributed by atoms with E-state index in [1.807, 2.05) is 0 Å². The monoisotopic (exact) mass is 256 g/mol. The average Bonchev–Trinajstić information content (AvgIpc) is 2.36. The first-order chi connectivity index (χ1) is 8.51. The van der Waals surface area contributed by atoms with Gasteiger partial charge in [-0.2, -0.15) is 0 Å². The molecule has 1 heterocycles. The van der Waals surface area contributed by atoms with E-state index in [4.69, 9.17) is 5.84 Å². The number of methoxy groups -OCH3 is 1. The van der Waals surface area contributed by atoms with Crippen LogP contribution in [0.3, 0.4) is 0 Å². The largest absolute Gasteiger partial charge is 0.467 e. The number of rotatable bonds is 5. The molecule has 0 aromatic carbocycles. The Hall–Kier alpha value is -2.49. The summed E-state index contributed by atoms with van der Waals surface area (Å²) >= 11 is 0. The quantitative estimate of drug-likeness (QED) is 0.278. The van der Waals surface area contributed by atoms with Gasteiger partial charge in [-0.3, -0.25) is 10.1 Å². The molecular formula is C8H12N6O4. The molecular weight excluding hydrogens is 244 g/mol. The number of carbonyl (C=O) groups excluding carboxylic acids is 1. The van der Waals surface area contributed by atoms with E-state index in [-0.39, 0.29) is 11.6 Å². The highest BCUT2D eigenvalue weighted by Gasteiger charge is 2.25. The first kappa shape index (κ1) is 13.6. The number of carbonyl (C=O) groups is 1. The van der Waals surface area contributed by atoms with Crippen molar-refractivity contribution in [3.05, 3.63) is 16.4 Å². The van der Waals surface area contributed by atoms with Crippen LogP contribution in [0.2, 0.25) is 0 Å². The molecule has 0 bridgehead atoms. The van der Waals surface area contributed by atoms with Crippen molar-refractivity contribution in [1.82, 2.24) is 9.97 Å². The summed E-state index contributed by atoms with van der Waals surface area (Å²) < 4.78 is 4.49. The number of ether oxygens (including phenoxy) is 1. The Morgan fingerprint density at radius 1 is 1.56 bits per heavy atom. The Morgan fingerprint density at radius 3 is 2.67 bits per heavy atom. The molecule has 4 N–H and O–H groups in total. The zero-order valence-corrected chi connectivity index (χ0v) is 9.71. The zero-order valence-electron chi connectivity index (χ0n) is 9.71. The van der Waals surface area contributed by atoms with Gasteiger partial charge >= 0.3 is 11.7 Å². The van der Waals surface area contributed by atoms with Crippen LogP contribution >= 0.6 is 0 Å². The maximum absolute atomic E-state index is 11.2. The zero-order chi connectivity index (χ0) is 13.7. The van der Waals surface area contributed by atoms with Gasteiger partial charge in [-0.05, 0) is 6.92 Å². The van der Waals surface area contributed by atoms with E-state index in [0.717, 1.165) is 6.33 Å². The van der Waals surface area contributed by atoms with E-state index in [9.17, 15) is 14.9 Å². The average molecular weight is 256 g/mol. The fourth-order valence-corrected chi connectivity index (χ4v) is 1.20. The number of hydrazine groups is 1. The molecule has 1 aromatic heterocycles. The third-order valence-electron chi connectivity index (χ3n) is 2.05. The van der Waals surface area contributed by atoms with Gasteiger partial charge in [0.05, 0.1) is 12.0 Å². The van der Waals surface area contributed by atoms with Crippen molar-refractivity contribution in [2.75, 3.05) is 17.9 Å². The molecule has 1 aromatic rings. The van der Waals surface area contributed by atoms with Crippen molar-refractivity contribution in [3.8, 4) is 0 Å². The highest BCUT2D eigenvalue weighted by molar-refractivity contribution is 5.80. The molecule has 0 saturated carbocycles. The highest BCUT2D eigenvalue weighted by Crippen LogP contribution is 2.28. The van der Waals surface area contributed by atoms with Crippen LogP contribution < -0.4 is 16.6 Å². The van der Waals surface area contributed by atoms with E-state index < -0.39 is 22.6 Å². The molecule has 18 heavy (non-hydrogen) atoms. The van der Waals surface area contributed by atoms with Crippen molar-refractivity contribution in [2.24, 2.45) is 5.84 Å². The van der Waals surface area contributed by atoms with Crippen LogP contribution in [0.25, 0.3) is 0 Å². The van der Waals surface area contributed by atoms with Gasteiger partial charge < -0.3 is 15.5 Å². The van der Waals surface area contributed by atoms with Gasteiger partial charge in [0.2, 0.25) is 11.6 Å². The minimum atomic E-state index is -0.797. The Balaban J connectivity index is 3.09. The minimum absolute atomic E-state index is 0.124. The van der Waals surface area contributed by atoms with Crippen molar-refractivity contribution in [1.29, 1.82) is 0 Å². The second-order valence-electron chi connectivity index (χ2n) is 3.21. The molecule has 10 nitrogen and oxygen atoms in total. The number of nitrogens with zero attached hydrogens (tertiary/aromatic N) is 3. The molecule has 0 radical (unpaired) electrons. The summed E-state index contributed by atoms with van der Waals surface area (Å²) in [6.07, 6.45) is 1.08. The highest BCUT2D eigenvalue weighted by atomic mass is 16.6. The van der Waals surface area contributed by atoms with E-state index in [2.05, 4.69) is 25.4 Å². The number of hydrogen-bond acceptors (Lipinski definition) is 9. The minimum Gasteiger partial charge on any atom is -0.467 e. The summed E-state index contributed by atoms with van der Waals surface area (Å²) in [6.45, 7) is 1.48. The number of esters is 1. The van der Waals surface area contributed by atoms with Gasteiger partial charge in [-0.1, -0.05) is 0 Å². The molecule has 1 atom stereocenters. The summed E-state index contributed by atoms with van der Waals surface area (Å²) in [5.74, 6) is 4.25. The maximum Gasteiger partial charge on any atom is 0.354 e. The molecule has 0 fully saturated rings. The third-order valence-corrected chi connectivity index (χ3v) is 2.05. The Morgan fingerprint density at radius 2 is 2.17 bits per heavy atom. The van der Waals surface area contributed by atoms with Gasteiger partial charge in [-0.15, -0.1) is 0 Å². The Kier molecular flexibility index (Phi) is 4.32. The van der Waals surface area contributed by atoms with Crippen LogP contribution in [-0.2, 0) is 9.53 Å². The third kappa shape index (κ3) is 2.79. The van der Waals surface area contributed by atoms with Crippen molar-refractivity contribution >= 4 is 23.3 Å². The van der Waals surface area contributed by atoms with Crippen LogP contribution in [0.5, 0.6) is 0 Å². The normalized spacial score (nSPS) is 11.5. The fourth-order valence-electron chi connectivity index (χ4n) is 1.20. The first-order valence-electron chi connectivity index (χ1n) is 4.81. The lowest BCUT2D eigenvalue weighted by Crippen LogP contribution is -2.28. The first-order valence-corrected chi connectivity index (χ1v) is 4.81. The van der Waals surface area contributed by atoms with Crippen LogP contribution in [0.4, 0.5) is 17.3 Å². The van der Waals surface area contributed by atoms with Gasteiger partial charge in [0.25, 0.3) is 0 Å². The molecule has 10 heteroatoms. The number of nitrogens with one attached hydrogen (secondary N) is 2. The van der Waals surface area contributed by atoms with E-state index in [0.29, 0.717) is 0 Å². The summed E-state index contributed by atoms with van der Waals surface area (Å²) in [5, 5.41) is 13.5. The number of aromatic nitrogens is 2. The SMILES string of the molecule is COC(=O)C(C)Nc1ncnc(NN)c1[N+](=O)[O-]. The second-order valence-corrected chi connectivity index (χ2v) is 3.21. The summed E-state index contributed by atoms with van der Waals surface area (Å²) in [7, 11) is 1.21.